The van der Waals surface area contributed by atoms with E-state index in [1.807, 2.05) is 0 Å². The van der Waals surface area contributed by atoms with Crippen LogP contribution < -0.4 is 5.32 Å². The summed E-state index contributed by atoms with van der Waals surface area (Å²) in [5.74, 6) is 0.918. The molecule has 0 bridgehead atoms. The van der Waals surface area contributed by atoms with Crippen molar-refractivity contribution < 1.29 is 0 Å². The molecular formula is C9H20N2. The van der Waals surface area contributed by atoms with Crippen LogP contribution in [-0.2, 0) is 0 Å². The first kappa shape index (κ1) is 9.01. The Hall–Kier alpha value is -0.0800. The summed E-state index contributed by atoms with van der Waals surface area (Å²) in [6, 6.07) is 0.730. The molecule has 0 radical (unpaired) electrons. The summed E-state index contributed by atoms with van der Waals surface area (Å²) >= 11 is 0. The maximum Gasteiger partial charge on any atom is 0.0197 e. The third-order valence-corrected chi connectivity index (χ3v) is 2.34. The van der Waals surface area contributed by atoms with Crippen LogP contribution in [0.4, 0.5) is 0 Å². The van der Waals surface area contributed by atoms with Crippen LogP contribution >= 0.6 is 0 Å². The Balaban J connectivity index is 2.23. The number of nitrogens with zero attached hydrogens (tertiary/aromatic N) is 1. The van der Waals surface area contributed by atoms with Crippen molar-refractivity contribution in [2.45, 2.75) is 25.8 Å². The van der Waals surface area contributed by atoms with Crippen molar-refractivity contribution in [3.05, 3.63) is 0 Å². The quantitative estimate of drug-likeness (QED) is 0.640. The summed E-state index contributed by atoms with van der Waals surface area (Å²) in [6.07, 6.45) is 2.70. The Labute approximate surface area is 70.0 Å². The molecule has 2 heteroatoms. The second kappa shape index (κ2) is 4.07. The Morgan fingerprint density at radius 3 is 2.73 bits per heavy atom. The minimum atomic E-state index is 0.730. The van der Waals surface area contributed by atoms with Crippen LogP contribution in [0.15, 0.2) is 0 Å². The molecule has 11 heavy (non-hydrogen) atoms. The molecule has 1 aliphatic heterocycles. The molecule has 66 valence electrons. The van der Waals surface area contributed by atoms with E-state index in [1.165, 1.54) is 25.9 Å². The van der Waals surface area contributed by atoms with Gasteiger partial charge in [-0.2, -0.15) is 0 Å². The van der Waals surface area contributed by atoms with Gasteiger partial charge in [0.05, 0.1) is 0 Å². The molecule has 2 nitrogen and oxygen atoms in total. The molecule has 0 spiro atoms. The van der Waals surface area contributed by atoms with Crippen LogP contribution in [0.25, 0.3) is 0 Å². The van der Waals surface area contributed by atoms with Crippen molar-refractivity contribution >= 4 is 0 Å². The van der Waals surface area contributed by atoms with Gasteiger partial charge in [-0.25, -0.2) is 0 Å². The van der Waals surface area contributed by atoms with Crippen molar-refractivity contribution in [3.8, 4) is 0 Å². The van der Waals surface area contributed by atoms with E-state index in [-0.39, 0.29) is 0 Å². The number of nitrogens with one attached hydrogen (secondary N) is 1. The molecule has 1 heterocycles. The van der Waals surface area contributed by atoms with E-state index >= 15 is 0 Å². The highest BCUT2D eigenvalue weighted by atomic mass is 15.1. The van der Waals surface area contributed by atoms with E-state index in [0.717, 1.165) is 12.0 Å². The molecule has 0 amide bonds. The minimum absolute atomic E-state index is 0.730. The topological polar surface area (TPSA) is 15.3 Å². The van der Waals surface area contributed by atoms with E-state index in [1.54, 1.807) is 0 Å². The molecule has 0 saturated carbocycles. The average Bonchev–Trinajstić information content (AvgIpc) is 1.85. The molecule has 0 aromatic carbocycles. The predicted molar refractivity (Wildman–Crippen MR) is 48.7 cm³/mol. The minimum Gasteiger partial charge on any atom is -0.313 e. The zero-order valence-electron chi connectivity index (χ0n) is 7.93. The van der Waals surface area contributed by atoms with Gasteiger partial charge in [0.2, 0.25) is 0 Å². The van der Waals surface area contributed by atoms with Gasteiger partial charge in [-0.15, -0.1) is 0 Å². The molecule has 1 N–H and O–H groups in total. The fourth-order valence-corrected chi connectivity index (χ4v) is 1.80. The van der Waals surface area contributed by atoms with E-state index in [2.05, 4.69) is 31.2 Å². The van der Waals surface area contributed by atoms with Gasteiger partial charge in [-0.3, -0.25) is 0 Å². The zero-order chi connectivity index (χ0) is 8.27. The van der Waals surface area contributed by atoms with Crippen molar-refractivity contribution in [2.75, 3.05) is 27.2 Å². The zero-order valence-corrected chi connectivity index (χ0v) is 7.93. The maximum absolute atomic E-state index is 3.54. The Kier molecular flexibility index (Phi) is 3.34. The Morgan fingerprint density at radius 1 is 1.45 bits per heavy atom. The van der Waals surface area contributed by atoms with Crippen molar-refractivity contribution in [2.24, 2.45) is 5.92 Å². The van der Waals surface area contributed by atoms with Gasteiger partial charge < -0.3 is 10.2 Å². The van der Waals surface area contributed by atoms with E-state index in [0.29, 0.717) is 0 Å². The average molecular weight is 156 g/mol. The van der Waals surface area contributed by atoms with E-state index < -0.39 is 0 Å². The van der Waals surface area contributed by atoms with Gasteiger partial charge in [0.15, 0.2) is 0 Å². The van der Waals surface area contributed by atoms with Crippen molar-refractivity contribution in [1.82, 2.24) is 10.2 Å². The molecule has 1 saturated heterocycles. The third kappa shape index (κ3) is 3.21. The van der Waals surface area contributed by atoms with Gasteiger partial charge in [-0.1, -0.05) is 6.92 Å². The van der Waals surface area contributed by atoms with Crippen molar-refractivity contribution in [1.29, 1.82) is 0 Å². The second-order valence-electron chi connectivity index (χ2n) is 4.04. The van der Waals surface area contributed by atoms with E-state index in [4.69, 9.17) is 0 Å². The van der Waals surface area contributed by atoms with Gasteiger partial charge in [0.25, 0.3) is 0 Å². The highest BCUT2D eigenvalue weighted by Gasteiger charge is 2.17. The molecule has 0 aromatic heterocycles. The summed E-state index contributed by atoms with van der Waals surface area (Å²) in [6.45, 7) is 4.74. The lowest BCUT2D eigenvalue weighted by atomic mass is 9.94. The molecule has 1 fully saturated rings. The van der Waals surface area contributed by atoms with Crippen LogP contribution in [0, 0.1) is 5.92 Å². The first-order chi connectivity index (χ1) is 5.18. The van der Waals surface area contributed by atoms with Gasteiger partial charge in [0.1, 0.15) is 0 Å². The maximum atomic E-state index is 3.54. The van der Waals surface area contributed by atoms with Gasteiger partial charge in [0, 0.05) is 12.6 Å². The van der Waals surface area contributed by atoms with Crippen molar-refractivity contribution in [3.63, 3.8) is 0 Å². The predicted octanol–water partition coefficient (Wildman–Crippen LogP) is 0.936. The highest BCUT2D eigenvalue weighted by molar-refractivity contribution is 4.77. The number of hydrogen-bond donors (Lipinski definition) is 1. The fourth-order valence-electron chi connectivity index (χ4n) is 1.80. The summed E-state index contributed by atoms with van der Waals surface area (Å²) in [4.78, 5) is 2.26. The molecule has 1 aliphatic rings. The Bertz CT molecular complexity index is 110. The van der Waals surface area contributed by atoms with Crippen LogP contribution in [0.1, 0.15) is 19.8 Å². The largest absolute Gasteiger partial charge is 0.313 e. The van der Waals surface area contributed by atoms with Gasteiger partial charge in [-0.05, 0) is 39.4 Å². The van der Waals surface area contributed by atoms with E-state index in [9.17, 15) is 0 Å². The first-order valence-corrected chi connectivity index (χ1v) is 4.56. The lowest BCUT2D eigenvalue weighted by molar-refractivity contribution is 0.259. The molecule has 1 rings (SSSR count). The molecule has 0 aromatic rings. The third-order valence-electron chi connectivity index (χ3n) is 2.34. The summed E-state index contributed by atoms with van der Waals surface area (Å²) in [5.41, 5.74) is 0. The Morgan fingerprint density at radius 2 is 2.18 bits per heavy atom. The summed E-state index contributed by atoms with van der Waals surface area (Å²) in [5, 5.41) is 3.54. The number of hydrogen-bond acceptors (Lipinski definition) is 2. The smallest absolute Gasteiger partial charge is 0.0197 e. The molecular weight excluding hydrogens is 136 g/mol. The van der Waals surface area contributed by atoms with Crippen LogP contribution in [-0.4, -0.2) is 38.1 Å². The lowest BCUT2D eigenvalue weighted by Gasteiger charge is -2.30. The molecule has 2 atom stereocenters. The monoisotopic (exact) mass is 156 g/mol. The summed E-state index contributed by atoms with van der Waals surface area (Å²) < 4.78 is 0. The SMILES string of the molecule is CC1CCNC(CN(C)C)C1. The highest BCUT2D eigenvalue weighted by Crippen LogP contribution is 2.14. The number of rotatable bonds is 2. The fraction of sp³-hybridized carbons (Fsp3) is 1.00. The van der Waals surface area contributed by atoms with Crippen LogP contribution in [0.2, 0.25) is 0 Å². The van der Waals surface area contributed by atoms with Gasteiger partial charge >= 0.3 is 0 Å². The normalized spacial score (nSPS) is 32.7. The summed E-state index contributed by atoms with van der Waals surface area (Å²) in [7, 11) is 4.28. The number of piperidine rings is 1. The molecule has 2 unspecified atom stereocenters. The molecule has 0 aliphatic carbocycles. The standard InChI is InChI=1S/C9H20N2/c1-8-4-5-10-9(6-8)7-11(2)3/h8-10H,4-7H2,1-3H3. The lowest BCUT2D eigenvalue weighted by Crippen LogP contribution is -2.43. The second-order valence-corrected chi connectivity index (χ2v) is 4.04. The first-order valence-electron chi connectivity index (χ1n) is 4.56. The van der Waals surface area contributed by atoms with Crippen LogP contribution in [0.5, 0.6) is 0 Å². The van der Waals surface area contributed by atoms with Crippen LogP contribution in [0.3, 0.4) is 0 Å². The number of likely N-dealkylation sites (N-methyl/N-ethyl adjacent to an activating group) is 1.